The summed E-state index contributed by atoms with van der Waals surface area (Å²) in [6.45, 7) is 3.59. The zero-order valence-corrected chi connectivity index (χ0v) is 21.9. The van der Waals surface area contributed by atoms with Gasteiger partial charge in [0.05, 0.1) is 30.0 Å². The van der Waals surface area contributed by atoms with Crippen molar-refractivity contribution < 1.29 is 23.0 Å². The molecule has 4 heterocycles. The van der Waals surface area contributed by atoms with Crippen molar-refractivity contribution in [2.75, 3.05) is 7.11 Å². The van der Waals surface area contributed by atoms with E-state index >= 15 is 0 Å². The number of hydrogen-bond donors (Lipinski definition) is 2. The van der Waals surface area contributed by atoms with Crippen molar-refractivity contribution in [3.05, 3.63) is 71.7 Å². The average molecular weight is 550 g/mol. The van der Waals surface area contributed by atoms with Crippen molar-refractivity contribution in [1.29, 1.82) is 0 Å². The van der Waals surface area contributed by atoms with Gasteiger partial charge in [-0.2, -0.15) is 13.2 Å². The minimum Gasteiger partial charge on any atom is -0.480 e. The van der Waals surface area contributed by atoms with Gasteiger partial charge in [-0.15, -0.1) is 0 Å². The van der Waals surface area contributed by atoms with Gasteiger partial charge in [-0.05, 0) is 32.3 Å². The third-order valence-electron chi connectivity index (χ3n) is 7.03. The molecular weight excluding hydrogens is 523 g/mol. The normalized spacial score (nSPS) is 14.7. The molecule has 9 nitrogen and oxygen atoms in total. The molecule has 1 atom stereocenters. The van der Waals surface area contributed by atoms with Gasteiger partial charge in [-0.1, -0.05) is 24.3 Å². The summed E-state index contributed by atoms with van der Waals surface area (Å²) in [5, 5.41) is 11.3. The molecule has 1 saturated carbocycles. The Hall–Kier alpha value is -4.32. The summed E-state index contributed by atoms with van der Waals surface area (Å²) >= 11 is 0. The number of imidazole rings is 1. The van der Waals surface area contributed by atoms with Gasteiger partial charge in [0.15, 0.2) is 11.5 Å². The van der Waals surface area contributed by atoms with E-state index in [0.29, 0.717) is 50.9 Å². The Bertz CT molecular complexity index is 1690. The van der Waals surface area contributed by atoms with Gasteiger partial charge < -0.3 is 19.4 Å². The van der Waals surface area contributed by atoms with E-state index in [1.54, 1.807) is 50.5 Å². The number of benzene rings is 1. The van der Waals surface area contributed by atoms with Crippen LogP contribution in [0.25, 0.3) is 33.8 Å². The Morgan fingerprint density at radius 1 is 1.07 bits per heavy atom. The van der Waals surface area contributed by atoms with Crippen molar-refractivity contribution in [3.8, 4) is 28.7 Å². The summed E-state index contributed by atoms with van der Waals surface area (Å²) < 4.78 is 46.9. The molecule has 1 unspecified atom stereocenters. The van der Waals surface area contributed by atoms with Crippen LogP contribution in [0.2, 0.25) is 0 Å². The molecule has 4 aromatic heterocycles. The molecule has 0 bridgehead atoms. The minimum absolute atomic E-state index is 0.207. The fraction of sp³-hybridized carbons (Fsp3) is 0.321. The van der Waals surface area contributed by atoms with E-state index < -0.39 is 18.0 Å². The molecular formula is C28H26F3N7O2. The molecule has 1 aromatic carbocycles. The van der Waals surface area contributed by atoms with Crippen molar-refractivity contribution in [3.63, 3.8) is 0 Å². The van der Waals surface area contributed by atoms with E-state index in [2.05, 4.69) is 24.9 Å². The Kier molecular flexibility index (Phi) is 6.29. The molecule has 40 heavy (non-hydrogen) atoms. The maximum Gasteiger partial charge on any atom is 0.434 e. The van der Waals surface area contributed by atoms with Gasteiger partial charge in [-0.3, -0.25) is 0 Å². The first-order valence-corrected chi connectivity index (χ1v) is 12.8. The van der Waals surface area contributed by atoms with Crippen LogP contribution in [-0.2, 0) is 6.18 Å². The maximum atomic E-state index is 13.3. The van der Waals surface area contributed by atoms with Crippen LogP contribution in [0.5, 0.6) is 5.88 Å². The molecule has 0 aliphatic heterocycles. The Morgan fingerprint density at radius 2 is 1.82 bits per heavy atom. The molecule has 12 heteroatoms. The van der Waals surface area contributed by atoms with Crippen LogP contribution in [0.4, 0.5) is 13.2 Å². The Morgan fingerprint density at radius 3 is 2.48 bits per heavy atom. The molecule has 6 rings (SSSR count). The second-order valence-corrected chi connectivity index (χ2v) is 10.1. The number of ether oxygens (including phenoxy) is 1. The maximum absolute atomic E-state index is 13.3. The highest BCUT2D eigenvalue weighted by Crippen LogP contribution is 2.45. The number of aliphatic hydroxyl groups is 1. The highest BCUT2D eigenvalue weighted by atomic mass is 19.4. The summed E-state index contributed by atoms with van der Waals surface area (Å²) in [5.74, 6) is 1.30. The number of fused-ring (bicyclic) bond motifs is 1. The summed E-state index contributed by atoms with van der Waals surface area (Å²) in [7, 11) is 1.54. The number of nitrogens with one attached hydrogen (secondary N) is 1. The van der Waals surface area contributed by atoms with E-state index in [0.717, 1.165) is 24.7 Å². The van der Waals surface area contributed by atoms with E-state index in [9.17, 15) is 18.3 Å². The van der Waals surface area contributed by atoms with Crippen LogP contribution < -0.4 is 4.74 Å². The lowest BCUT2D eigenvalue weighted by Crippen LogP contribution is -2.05. The fourth-order valence-corrected chi connectivity index (χ4v) is 4.81. The van der Waals surface area contributed by atoms with E-state index in [1.807, 2.05) is 0 Å². The summed E-state index contributed by atoms with van der Waals surface area (Å²) in [4.78, 5) is 24.9. The van der Waals surface area contributed by atoms with Crippen molar-refractivity contribution in [2.45, 2.75) is 50.9 Å². The van der Waals surface area contributed by atoms with Crippen molar-refractivity contribution >= 4 is 11.0 Å². The number of aromatic amines is 1. The number of aromatic nitrogens is 7. The Labute approximate surface area is 227 Å². The van der Waals surface area contributed by atoms with E-state index in [-0.39, 0.29) is 11.9 Å². The molecule has 2 N–H and O–H groups in total. The highest BCUT2D eigenvalue weighted by Gasteiger charge is 2.35. The number of methoxy groups -OCH3 is 1. The first-order chi connectivity index (χ1) is 19.2. The van der Waals surface area contributed by atoms with E-state index in [4.69, 9.17) is 9.72 Å². The van der Waals surface area contributed by atoms with Crippen LogP contribution in [0.3, 0.4) is 0 Å². The lowest BCUT2D eigenvalue weighted by atomic mass is 10.0. The van der Waals surface area contributed by atoms with Crippen LogP contribution in [0, 0.1) is 0 Å². The number of rotatable bonds is 7. The van der Waals surface area contributed by atoms with Gasteiger partial charge in [0.2, 0.25) is 5.88 Å². The Balaban J connectivity index is 1.35. The van der Waals surface area contributed by atoms with Crippen LogP contribution in [0.1, 0.15) is 67.3 Å². The lowest BCUT2D eigenvalue weighted by Gasteiger charge is -2.14. The molecule has 0 radical (unpaired) electrons. The van der Waals surface area contributed by atoms with Gasteiger partial charge in [-0.25, -0.2) is 24.9 Å². The second-order valence-electron chi connectivity index (χ2n) is 10.1. The van der Waals surface area contributed by atoms with Crippen LogP contribution in [0.15, 0.2) is 49.2 Å². The molecule has 206 valence electrons. The SMILES string of the molecule is COc1ncnc(C2CC2)c1-c1ncc2[nH]cc(C(O)c3ccc(-c4nc(C(F)(F)F)cn4C(C)C)cc3)c2n1. The number of H-pyrrole nitrogens is 1. The lowest BCUT2D eigenvalue weighted by molar-refractivity contribution is -0.140. The third-order valence-corrected chi connectivity index (χ3v) is 7.03. The van der Waals surface area contributed by atoms with Gasteiger partial charge >= 0.3 is 6.18 Å². The summed E-state index contributed by atoms with van der Waals surface area (Å²) in [5.41, 5.74) is 3.27. The minimum atomic E-state index is -4.55. The average Bonchev–Trinajstić information content (AvgIpc) is 3.53. The monoisotopic (exact) mass is 549 g/mol. The van der Waals surface area contributed by atoms with Crippen LogP contribution in [-0.4, -0.2) is 46.7 Å². The quantitative estimate of drug-likeness (QED) is 0.262. The smallest absolute Gasteiger partial charge is 0.434 e. The predicted molar refractivity (Wildman–Crippen MR) is 141 cm³/mol. The largest absolute Gasteiger partial charge is 0.480 e. The predicted octanol–water partition coefficient (Wildman–Crippen LogP) is 5.85. The van der Waals surface area contributed by atoms with Gasteiger partial charge in [0.25, 0.3) is 0 Å². The molecule has 5 aromatic rings. The molecule has 1 fully saturated rings. The zero-order valence-electron chi connectivity index (χ0n) is 21.9. The molecule has 1 aliphatic carbocycles. The number of alkyl halides is 3. The van der Waals surface area contributed by atoms with E-state index in [1.165, 1.54) is 18.0 Å². The number of aliphatic hydroxyl groups excluding tert-OH is 1. The molecule has 0 spiro atoms. The second kappa shape index (κ2) is 9.70. The first kappa shape index (κ1) is 25.9. The number of hydrogen-bond acceptors (Lipinski definition) is 7. The fourth-order valence-electron chi connectivity index (χ4n) is 4.81. The first-order valence-electron chi connectivity index (χ1n) is 12.8. The highest BCUT2D eigenvalue weighted by molar-refractivity contribution is 5.82. The third kappa shape index (κ3) is 4.57. The molecule has 1 aliphatic rings. The van der Waals surface area contributed by atoms with Crippen molar-refractivity contribution in [2.24, 2.45) is 0 Å². The van der Waals surface area contributed by atoms with Gasteiger partial charge in [0, 0.05) is 35.5 Å². The number of halogens is 3. The number of nitrogens with zero attached hydrogens (tertiary/aromatic N) is 6. The van der Waals surface area contributed by atoms with Crippen LogP contribution >= 0.6 is 0 Å². The summed E-state index contributed by atoms with van der Waals surface area (Å²) in [6, 6.07) is 6.43. The van der Waals surface area contributed by atoms with Gasteiger partial charge in [0.1, 0.15) is 23.8 Å². The summed E-state index contributed by atoms with van der Waals surface area (Å²) in [6.07, 6.45) is 2.25. The molecule has 0 saturated heterocycles. The standard InChI is InChI=1S/C28H26F3N7O2/c1-14(2)38-12-20(28(29,30)31)36-26(38)17-8-6-16(7-9-17)24(39)18-10-32-19-11-33-25(37-23(18)19)21-22(15-4-5-15)34-13-35-27(21)40-3/h6-15,24,32,39H,4-5H2,1-3H3. The zero-order chi connectivity index (χ0) is 28.2. The van der Waals surface area contributed by atoms with Crippen molar-refractivity contribution in [1.82, 2.24) is 34.5 Å². The topological polar surface area (TPSA) is 115 Å². The molecule has 0 amide bonds.